The van der Waals surface area contributed by atoms with Gasteiger partial charge >= 0.3 is 5.97 Å². The summed E-state index contributed by atoms with van der Waals surface area (Å²) in [5.41, 5.74) is 1.87. The molecule has 9 heteroatoms. The van der Waals surface area contributed by atoms with Crippen molar-refractivity contribution in [1.29, 1.82) is 0 Å². The highest BCUT2D eigenvalue weighted by Gasteiger charge is 2.24. The van der Waals surface area contributed by atoms with Crippen LogP contribution in [0.4, 0.5) is 11.4 Å². The van der Waals surface area contributed by atoms with Crippen molar-refractivity contribution < 1.29 is 27.5 Å². The quantitative estimate of drug-likeness (QED) is 0.463. The van der Waals surface area contributed by atoms with Crippen LogP contribution in [0.2, 0.25) is 0 Å². The van der Waals surface area contributed by atoms with Gasteiger partial charge in [0, 0.05) is 11.8 Å². The molecule has 0 aliphatic carbocycles. The van der Waals surface area contributed by atoms with Crippen molar-refractivity contribution in [3.8, 4) is 5.75 Å². The summed E-state index contributed by atoms with van der Waals surface area (Å²) in [5, 5.41) is 2.65. The minimum absolute atomic E-state index is 0.0163. The van der Waals surface area contributed by atoms with Crippen molar-refractivity contribution in [3.05, 3.63) is 83.4 Å². The number of amides is 1. The lowest BCUT2D eigenvalue weighted by Gasteiger charge is -2.16. The van der Waals surface area contributed by atoms with E-state index in [0.29, 0.717) is 17.0 Å². The number of nitrogens with one attached hydrogen (secondary N) is 2. The van der Waals surface area contributed by atoms with Crippen LogP contribution in [0, 0.1) is 13.8 Å². The molecule has 3 aromatic rings. The first-order chi connectivity index (χ1) is 16.1. The number of esters is 1. The Kier molecular flexibility index (Phi) is 7.57. The number of sulfonamides is 1. The number of para-hydroxylation sites is 1. The molecular weight excluding hydrogens is 456 g/mol. The first-order valence-electron chi connectivity index (χ1n) is 10.5. The fourth-order valence-corrected chi connectivity index (χ4v) is 4.58. The zero-order valence-corrected chi connectivity index (χ0v) is 20.1. The Morgan fingerprint density at radius 2 is 1.68 bits per heavy atom. The number of benzene rings is 3. The first-order valence-corrected chi connectivity index (χ1v) is 11.9. The van der Waals surface area contributed by atoms with Gasteiger partial charge in [-0.05, 0) is 62.2 Å². The zero-order valence-electron chi connectivity index (χ0n) is 19.3. The lowest BCUT2D eigenvalue weighted by Crippen LogP contribution is -2.30. The van der Waals surface area contributed by atoms with Crippen molar-refractivity contribution in [1.82, 2.24) is 0 Å². The number of carbonyl (C=O) groups is 2. The summed E-state index contributed by atoms with van der Waals surface area (Å²) >= 11 is 0. The van der Waals surface area contributed by atoms with E-state index in [4.69, 9.17) is 9.47 Å². The highest BCUT2D eigenvalue weighted by Crippen LogP contribution is 2.24. The molecule has 2 N–H and O–H groups in total. The molecule has 3 aromatic carbocycles. The van der Waals surface area contributed by atoms with E-state index in [1.165, 1.54) is 26.2 Å². The van der Waals surface area contributed by atoms with Crippen LogP contribution in [-0.4, -0.2) is 33.5 Å². The van der Waals surface area contributed by atoms with Crippen molar-refractivity contribution in [2.24, 2.45) is 0 Å². The Bertz CT molecular complexity index is 1320. The van der Waals surface area contributed by atoms with Gasteiger partial charge in [0.2, 0.25) is 0 Å². The van der Waals surface area contributed by atoms with Crippen molar-refractivity contribution in [2.45, 2.75) is 31.8 Å². The predicted octanol–water partition coefficient (Wildman–Crippen LogP) is 4.30. The van der Waals surface area contributed by atoms with Gasteiger partial charge in [-0.1, -0.05) is 30.3 Å². The Balaban J connectivity index is 1.76. The van der Waals surface area contributed by atoms with Gasteiger partial charge in [0.1, 0.15) is 5.75 Å². The van der Waals surface area contributed by atoms with Crippen LogP contribution in [0.1, 0.15) is 28.4 Å². The molecule has 0 saturated heterocycles. The maximum atomic E-state index is 13.0. The predicted molar refractivity (Wildman–Crippen MR) is 130 cm³/mol. The van der Waals surface area contributed by atoms with Gasteiger partial charge in [-0.25, -0.2) is 13.2 Å². The summed E-state index contributed by atoms with van der Waals surface area (Å²) in [4.78, 5) is 25.4. The van der Waals surface area contributed by atoms with Gasteiger partial charge in [0.05, 0.1) is 23.3 Å². The second-order valence-corrected chi connectivity index (χ2v) is 9.34. The largest absolute Gasteiger partial charge is 0.497 e. The van der Waals surface area contributed by atoms with Gasteiger partial charge in [-0.2, -0.15) is 0 Å². The smallest absolute Gasteiger partial charge is 0.341 e. The van der Waals surface area contributed by atoms with Crippen molar-refractivity contribution in [3.63, 3.8) is 0 Å². The fraction of sp³-hybridized carbons (Fsp3) is 0.200. The van der Waals surface area contributed by atoms with Gasteiger partial charge < -0.3 is 14.8 Å². The SMILES string of the molecule is COc1cccc(NC(=O)C(C)OC(=O)c2ccccc2NS(=O)(=O)c2cc(C)ccc2C)c1. The number of hydrogen-bond acceptors (Lipinski definition) is 6. The molecule has 1 atom stereocenters. The average molecular weight is 483 g/mol. The van der Waals surface area contributed by atoms with E-state index < -0.39 is 28.0 Å². The van der Waals surface area contributed by atoms with Crippen LogP contribution in [0.3, 0.4) is 0 Å². The molecule has 8 nitrogen and oxygen atoms in total. The van der Waals surface area contributed by atoms with E-state index in [1.54, 1.807) is 62.4 Å². The third kappa shape index (κ3) is 5.93. The zero-order chi connectivity index (χ0) is 24.9. The summed E-state index contributed by atoms with van der Waals surface area (Å²) in [6.45, 7) is 4.91. The van der Waals surface area contributed by atoms with Gasteiger partial charge in [0.25, 0.3) is 15.9 Å². The number of ether oxygens (including phenoxy) is 2. The Morgan fingerprint density at radius 3 is 2.41 bits per heavy atom. The molecule has 1 unspecified atom stereocenters. The van der Waals surface area contributed by atoms with Crippen LogP contribution in [0.5, 0.6) is 5.75 Å². The molecule has 0 spiro atoms. The minimum atomic E-state index is -3.96. The molecule has 178 valence electrons. The van der Waals surface area contributed by atoms with Crippen molar-refractivity contribution in [2.75, 3.05) is 17.1 Å². The van der Waals surface area contributed by atoms with Crippen LogP contribution >= 0.6 is 0 Å². The van der Waals surface area contributed by atoms with Crippen LogP contribution < -0.4 is 14.8 Å². The number of rotatable bonds is 8. The monoisotopic (exact) mass is 482 g/mol. The number of methoxy groups -OCH3 is 1. The summed E-state index contributed by atoms with van der Waals surface area (Å²) < 4.78 is 38.9. The van der Waals surface area contributed by atoms with Gasteiger partial charge in [-0.15, -0.1) is 0 Å². The molecule has 34 heavy (non-hydrogen) atoms. The molecule has 0 heterocycles. The molecule has 0 aromatic heterocycles. The number of anilines is 2. The van der Waals surface area contributed by atoms with E-state index >= 15 is 0 Å². The van der Waals surface area contributed by atoms with Crippen LogP contribution in [0.25, 0.3) is 0 Å². The molecule has 0 aliphatic rings. The summed E-state index contributed by atoms with van der Waals surface area (Å²) in [6.07, 6.45) is -1.14. The van der Waals surface area contributed by atoms with E-state index in [1.807, 2.05) is 6.07 Å². The Morgan fingerprint density at radius 1 is 0.941 bits per heavy atom. The van der Waals surface area contributed by atoms with E-state index in [9.17, 15) is 18.0 Å². The third-order valence-electron chi connectivity index (χ3n) is 5.01. The summed E-state index contributed by atoms with van der Waals surface area (Å²) in [7, 11) is -2.45. The molecule has 3 rings (SSSR count). The first kappa shape index (κ1) is 24.8. The van der Waals surface area contributed by atoms with Crippen LogP contribution in [-0.2, 0) is 19.6 Å². The highest BCUT2D eigenvalue weighted by molar-refractivity contribution is 7.92. The Hall–Kier alpha value is -3.85. The maximum Gasteiger partial charge on any atom is 0.341 e. The highest BCUT2D eigenvalue weighted by atomic mass is 32.2. The van der Waals surface area contributed by atoms with E-state index in [2.05, 4.69) is 10.0 Å². The van der Waals surface area contributed by atoms with E-state index in [-0.39, 0.29) is 16.1 Å². The second-order valence-electron chi connectivity index (χ2n) is 7.69. The third-order valence-corrected chi connectivity index (χ3v) is 6.52. The molecule has 0 bridgehead atoms. The number of aryl methyl sites for hydroxylation is 2. The second kappa shape index (κ2) is 10.4. The number of hydrogen-bond donors (Lipinski definition) is 2. The fourth-order valence-electron chi connectivity index (χ4n) is 3.17. The lowest BCUT2D eigenvalue weighted by atomic mass is 10.2. The molecule has 0 saturated carbocycles. The lowest BCUT2D eigenvalue weighted by molar-refractivity contribution is -0.123. The minimum Gasteiger partial charge on any atom is -0.497 e. The topological polar surface area (TPSA) is 111 Å². The normalized spacial score (nSPS) is 11.9. The summed E-state index contributed by atoms with van der Waals surface area (Å²) in [6, 6.07) is 17.9. The van der Waals surface area contributed by atoms with Gasteiger partial charge in [-0.3, -0.25) is 9.52 Å². The standard InChI is InChI=1S/C25H26N2O6S/c1-16-12-13-17(2)23(14-16)34(30,31)27-22-11-6-5-10-21(22)25(29)33-18(3)24(28)26-19-8-7-9-20(15-19)32-4/h5-15,18,27H,1-4H3,(H,26,28). The van der Waals surface area contributed by atoms with Gasteiger partial charge in [0.15, 0.2) is 6.10 Å². The molecule has 0 aliphatic heterocycles. The Labute approximate surface area is 199 Å². The number of carbonyl (C=O) groups excluding carboxylic acids is 2. The molecule has 0 fully saturated rings. The van der Waals surface area contributed by atoms with E-state index in [0.717, 1.165) is 5.56 Å². The maximum absolute atomic E-state index is 13.0. The molecule has 1 amide bonds. The van der Waals surface area contributed by atoms with Crippen LogP contribution in [0.15, 0.2) is 71.6 Å². The average Bonchev–Trinajstić information content (AvgIpc) is 2.80. The molecular formula is C25H26N2O6S. The summed E-state index contributed by atoms with van der Waals surface area (Å²) in [5.74, 6) is -0.824. The molecule has 0 radical (unpaired) electrons. The van der Waals surface area contributed by atoms with Crippen molar-refractivity contribution >= 4 is 33.3 Å².